The molecule has 0 aliphatic carbocycles. The number of ether oxygens (including phenoxy) is 1. The molecule has 0 unspecified atom stereocenters. The van der Waals surface area contributed by atoms with Crippen molar-refractivity contribution < 1.29 is 27.3 Å². The molecule has 2 heterocycles. The van der Waals surface area contributed by atoms with Crippen LogP contribution in [0, 0.1) is 0 Å². The number of rotatable bonds is 12. The van der Waals surface area contributed by atoms with Gasteiger partial charge in [-0.2, -0.15) is 8.42 Å². The van der Waals surface area contributed by atoms with Gasteiger partial charge in [-0.05, 0) is 0 Å². The monoisotopic (exact) mass is 595 g/mol. The van der Waals surface area contributed by atoms with E-state index in [9.17, 15) is 18.0 Å². The zero-order valence-corrected chi connectivity index (χ0v) is 23.7. The van der Waals surface area contributed by atoms with Crippen LogP contribution in [0.15, 0.2) is 60.0 Å². The number of unbranched alkanes of at least 4 members (excludes halogenated alkanes) is 2. The summed E-state index contributed by atoms with van der Waals surface area (Å²) >= 11 is 2.92. The predicted octanol–water partition coefficient (Wildman–Crippen LogP) is 3.01. The Morgan fingerprint density at radius 2 is 1.46 bits per heavy atom. The summed E-state index contributed by atoms with van der Waals surface area (Å²) in [5, 5.41) is 0. The third-order valence-corrected chi connectivity index (χ3v) is 7.65. The summed E-state index contributed by atoms with van der Waals surface area (Å²) in [6.07, 6.45) is 10.2. The molecule has 2 amide bonds. The topological polar surface area (TPSA) is 107 Å². The second kappa shape index (κ2) is 13.2. The molecule has 37 heavy (non-hydrogen) atoms. The first-order valence-corrected chi connectivity index (χ1v) is 14.9. The Kier molecular flexibility index (Phi) is 10.3. The fraction of sp³-hybridized carbons (Fsp3) is 0.423. The van der Waals surface area contributed by atoms with E-state index in [0.717, 1.165) is 31.4 Å². The van der Waals surface area contributed by atoms with Gasteiger partial charge in [0, 0.05) is 0 Å². The van der Waals surface area contributed by atoms with Gasteiger partial charge in [-0.15, -0.1) is 0 Å². The van der Waals surface area contributed by atoms with Crippen molar-refractivity contribution in [3.8, 4) is 5.75 Å². The Bertz CT molecular complexity index is 1190. The first-order chi connectivity index (χ1) is 17.7. The zero-order chi connectivity index (χ0) is 27.0. The number of allylic oxidation sites excluding steroid dienone is 4. The number of benzene rings is 1. The fourth-order valence-electron chi connectivity index (χ4n) is 3.97. The summed E-state index contributed by atoms with van der Waals surface area (Å²) < 4.78 is 37.8. The SMILES string of the molecule is CCCCN1C(=O)C(=CC=CC=C2Oc3ccccc3N2CCCS(=O)(=O)O)C(=O)N(CCCC)C1=[Se]. The molecule has 1 N–H and O–H groups in total. The number of hydrogen-bond donors (Lipinski definition) is 1. The molecule has 9 nitrogen and oxygen atoms in total. The molecule has 1 fully saturated rings. The normalized spacial score (nSPS) is 17.3. The van der Waals surface area contributed by atoms with Crippen molar-refractivity contribution in [1.29, 1.82) is 0 Å². The number of fused-ring (bicyclic) bond motifs is 1. The van der Waals surface area contributed by atoms with E-state index in [1.165, 1.54) is 6.08 Å². The van der Waals surface area contributed by atoms with Gasteiger partial charge in [-0.25, -0.2) is 0 Å². The van der Waals surface area contributed by atoms with Gasteiger partial charge >= 0.3 is 186 Å². The van der Waals surface area contributed by atoms with Crippen LogP contribution in [0.5, 0.6) is 5.75 Å². The van der Waals surface area contributed by atoms with Crippen molar-refractivity contribution in [3.63, 3.8) is 0 Å². The first kappa shape index (κ1) is 28.8. The molecule has 1 aromatic carbocycles. The number of carbonyl (C=O) groups is 2. The summed E-state index contributed by atoms with van der Waals surface area (Å²) in [7, 11) is -4.06. The van der Waals surface area contributed by atoms with E-state index in [4.69, 9.17) is 9.29 Å². The van der Waals surface area contributed by atoms with Crippen LogP contribution in [0.1, 0.15) is 46.0 Å². The van der Waals surface area contributed by atoms with Gasteiger partial charge in [0.05, 0.1) is 5.75 Å². The number of para-hydroxylation sites is 2. The first-order valence-electron chi connectivity index (χ1n) is 12.4. The van der Waals surface area contributed by atoms with Crippen LogP contribution < -0.4 is 9.64 Å². The molecule has 2 aliphatic rings. The van der Waals surface area contributed by atoms with Gasteiger partial charge in [-0.3, -0.25) is 4.55 Å². The van der Waals surface area contributed by atoms with Crippen molar-refractivity contribution in [1.82, 2.24) is 9.80 Å². The Balaban J connectivity index is 1.81. The van der Waals surface area contributed by atoms with Gasteiger partial charge in [0.2, 0.25) is 0 Å². The van der Waals surface area contributed by atoms with Crippen LogP contribution in [0.3, 0.4) is 0 Å². The van der Waals surface area contributed by atoms with Crippen LogP contribution in [-0.2, 0) is 19.7 Å². The van der Waals surface area contributed by atoms with Crippen molar-refractivity contribution in [2.75, 3.05) is 30.3 Å². The molecule has 1 aromatic rings. The molecule has 0 radical (unpaired) electrons. The Morgan fingerprint density at radius 1 is 0.892 bits per heavy atom. The maximum absolute atomic E-state index is 13.1. The molecule has 0 aromatic heterocycles. The number of nitrogens with zero attached hydrogens (tertiary/aromatic N) is 3. The quantitative estimate of drug-likeness (QED) is 0.172. The average Bonchev–Trinajstić information content (AvgIpc) is 3.20. The van der Waals surface area contributed by atoms with Gasteiger partial charge in [-0.1, -0.05) is 12.1 Å². The number of amides is 2. The van der Waals surface area contributed by atoms with Crippen LogP contribution >= 0.6 is 0 Å². The third-order valence-electron chi connectivity index (χ3n) is 5.92. The van der Waals surface area contributed by atoms with Gasteiger partial charge < -0.3 is 0 Å². The van der Waals surface area contributed by atoms with Crippen molar-refractivity contribution in [2.45, 2.75) is 46.0 Å². The fourth-order valence-corrected chi connectivity index (χ4v) is 5.20. The summed E-state index contributed by atoms with van der Waals surface area (Å²) in [6.45, 7) is 5.48. The Morgan fingerprint density at radius 3 is 2.05 bits per heavy atom. The van der Waals surface area contributed by atoms with E-state index >= 15 is 0 Å². The summed E-state index contributed by atoms with van der Waals surface area (Å²) in [6, 6.07) is 7.36. The van der Waals surface area contributed by atoms with Crippen LogP contribution in [0.25, 0.3) is 0 Å². The summed E-state index contributed by atoms with van der Waals surface area (Å²) in [4.78, 5) is 31.4. The van der Waals surface area contributed by atoms with Gasteiger partial charge in [0.15, 0.2) is 0 Å². The number of carbonyl (C=O) groups excluding carboxylic acids is 2. The molecule has 3 rings (SSSR count). The van der Waals surface area contributed by atoms with Crippen molar-refractivity contribution in [3.05, 3.63) is 60.0 Å². The standard InChI is InChI=1S/C26H33N3O6SSe/c1-3-5-16-28-24(30)20(25(31)29(26(28)37)17-6-4-2)12-7-10-15-23-27(18-11-19-36(32,33)34)21-13-8-9-14-22(21)35-23/h7-10,12-15H,3-6,11,16-19H2,1-2H3,(H,32,33,34). The molecule has 200 valence electrons. The third kappa shape index (κ3) is 7.41. The minimum atomic E-state index is -4.06. The summed E-state index contributed by atoms with van der Waals surface area (Å²) in [5.74, 6) is 0.0928. The zero-order valence-electron chi connectivity index (χ0n) is 21.1. The maximum atomic E-state index is 13.1. The molecule has 0 bridgehead atoms. The van der Waals surface area contributed by atoms with Crippen LogP contribution in [-0.4, -0.2) is 80.2 Å². The molecule has 1 saturated heterocycles. The number of anilines is 1. The second-order valence-corrected chi connectivity index (χ2v) is 11.1. The second-order valence-electron chi connectivity index (χ2n) is 8.73. The average molecular weight is 595 g/mol. The molecule has 0 spiro atoms. The van der Waals surface area contributed by atoms with E-state index in [2.05, 4.69) is 29.4 Å². The van der Waals surface area contributed by atoms with E-state index in [1.54, 1.807) is 28.0 Å². The van der Waals surface area contributed by atoms with E-state index < -0.39 is 10.1 Å². The molecule has 11 heteroatoms. The minimum absolute atomic E-state index is 0.0986. The Hall–Kier alpha value is -2.72. The van der Waals surface area contributed by atoms with E-state index in [0.29, 0.717) is 35.9 Å². The number of hydrogen-bond acceptors (Lipinski definition) is 6. The van der Waals surface area contributed by atoms with Gasteiger partial charge in [0.1, 0.15) is 0 Å². The molecule has 0 saturated carbocycles. The van der Waals surface area contributed by atoms with E-state index in [1.807, 2.05) is 29.2 Å². The van der Waals surface area contributed by atoms with Gasteiger partial charge in [0.25, 0.3) is 10.1 Å². The van der Waals surface area contributed by atoms with Crippen LogP contribution in [0.2, 0.25) is 0 Å². The van der Waals surface area contributed by atoms with Crippen LogP contribution in [0.4, 0.5) is 5.69 Å². The summed E-state index contributed by atoms with van der Waals surface area (Å²) in [5.41, 5.74) is 0.885. The molecule has 2 aliphatic heterocycles. The molecular weight excluding hydrogens is 561 g/mol. The van der Waals surface area contributed by atoms with E-state index in [-0.39, 0.29) is 29.6 Å². The van der Waals surface area contributed by atoms with Crippen molar-refractivity contribution in [2.24, 2.45) is 0 Å². The predicted molar refractivity (Wildman–Crippen MR) is 145 cm³/mol. The molecular formula is C26H33N3O6SSe. The van der Waals surface area contributed by atoms with Crippen molar-refractivity contribution >= 4 is 47.9 Å². The Labute approximate surface area is 226 Å². The molecule has 0 atom stereocenters.